The molecule has 1 heterocycles. The monoisotopic (exact) mass is 189 g/mol. The lowest BCUT2D eigenvalue weighted by atomic mass is 9.78. The Balaban J connectivity index is 0.000000720. The number of ketones is 1. The van der Waals surface area contributed by atoms with E-state index in [1.807, 2.05) is 0 Å². The summed E-state index contributed by atoms with van der Waals surface area (Å²) in [7, 11) is 0. The molecule has 0 aromatic heterocycles. The van der Waals surface area contributed by atoms with Gasteiger partial charge in [-0.05, 0) is 12.8 Å². The lowest BCUT2D eigenvalue weighted by Gasteiger charge is -2.31. The fourth-order valence-corrected chi connectivity index (χ4v) is 2.40. The second kappa shape index (κ2) is 3.75. The van der Waals surface area contributed by atoms with Crippen molar-refractivity contribution in [3.63, 3.8) is 0 Å². The molecule has 70 valence electrons. The summed E-state index contributed by atoms with van der Waals surface area (Å²) in [5.74, 6) is 0.522. The predicted molar refractivity (Wildman–Crippen MR) is 50.6 cm³/mol. The largest absolute Gasteiger partial charge is 0.315 e. The highest BCUT2D eigenvalue weighted by Crippen LogP contribution is 2.40. The van der Waals surface area contributed by atoms with E-state index in [9.17, 15) is 4.79 Å². The minimum atomic E-state index is 0. The average Bonchev–Trinajstić information content (AvgIpc) is 2.46. The van der Waals surface area contributed by atoms with E-state index >= 15 is 0 Å². The highest BCUT2D eigenvalue weighted by Gasteiger charge is 2.41. The van der Waals surface area contributed by atoms with Crippen LogP contribution in [-0.2, 0) is 4.79 Å². The molecule has 12 heavy (non-hydrogen) atoms. The standard InChI is InChI=1S/C9H15NO.ClH/c11-8-3-6-10-7-9(8)4-1-2-5-9;/h10H,1-7H2;1H. The Bertz CT molecular complexity index is 175. The number of carbonyl (C=O) groups excluding carboxylic acids is 1. The molecule has 2 aliphatic rings. The number of hydrogen-bond acceptors (Lipinski definition) is 2. The van der Waals surface area contributed by atoms with Gasteiger partial charge >= 0.3 is 0 Å². The number of nitrogens with one attached hydrogen (secondary N) is 1. The van der Waals surface area contributed by atoms with Crippen molar-refractivity contribution in [2.24, 2.45) is 5.41 Å². The molecular formula is C9H16ClNO. The van der Waals surface area contributed by atoms with Crippen LogP contribution in [0, 0.1) is 5.41 Å². The Morgan fingerprint density at radius 3 is 2.50 bits per heavy atom. The smallest absolute Gasteiger partial charge is 0.141 e. The van der Waals surface area contributed by atoms with E-state index in [2.05, 4.69) is 5.32 Å². The quantitative estimate of drug-likeness (QED) is 0.626. The lowest BCUT2D eigenvalue weighted by molar-refractivity contribution is -0.129. The van der Waals surface area contributed by atoms with Gasteiger partial charge in [0.05, 0.1) is 0 Å². The summed E-state index contributed by atoms with van der Waals surface area (Å²) in [5.41, 5.74) is 0.0816. The van der Waals surface area contributed by atoms with Crippen LogP contribution >= 0.6 is 12.4 Å². The van der Waals surface area contributed by atoms with Gasteiger partial charge < -0.3 is 5.32 Å². The van der Waals surface area contributed by atoms with Gasteiger partial charge in [0.25, 0.3) is 0 Å². The zero-order chi connectivity index (χ0) is 7.73. The van der Waals surface area contributed by atoms with Gasteiger partial charge in [0.15, 0.2) is 0 Å². The van der Waals surface area contributed by atoms with E-state index in [-0.39, 0.29) is 17.8 Å². The van der Waals surface area contributed by atoms with Gasteiger partial charge in [0, 0.05) is 24.9 Å². The Kier molecular flexibility index (Phi) is 3.13. The maximum Gasteiger partial charge on any atom is 0.141 e. The lowest BCUT2D eigenvalue weighted by Crippen LogP contribution is -2.45. The Hall–Kier alpha value is -0.0800. The maximum atomic E-state index is 11.6. The summed E-state index contributed by atoms with van der Waals surface area (Å²) in [6.07, 6.45) is 5.55. The third-order valence-electron chi connectivity index (χ3n) is 3.14. The van der Waals surface area contributed by atoms with Crippen LogP contribution in [0.5, 0.6) is 0 Å². The van der Waals surface area contributed by atoms with Gasteiger partial charge in [-0.3, -0.25) is 4.79 Å². The molecule has 2 nitrogen and oxygen atoms in total. The Morgan fingerprint density at radius 2 is 1.92 bits per heavy atom. The first-order valence-corrected chi connectivity index (χ1v) is 4.58. The number of piperidine rings is 1. The normalized spacial score (nSPS) is 27.2. The van der Waals surface area contributed by atoms with Crippen LogP contribution < -0.4 is 5.32 Å². The van der Waals surface area contributed by atoms with Crippen LogP contribution in [-0.4, -0.2) is 18.9 Å². The van der Waals surface area contributed by atoms with E-state index in [1.54, 1.807) is 0 Å². The van der Waals surface area contributed by atoms with Crippen LogP contribution in [0.3, 0.4) is 0 Å². The number of Topliss-reactive ketones (excluding diaryl/α,β-unsaturated/α-hetero) is 1. The molecule has 2 rings (SSSR count). The second-order valence-corrected chi connectivity index (χ2v) is 3.84. The minimum absolute atomic E-state index is 0. The molecule has 1 N–H and O–H groups in total. The molecule has 0 amide bonds. The molecular weight excluding hydrogens is 174 g/mol. The van der Waals surface area contributed by atoms with Crippen molar-refractivity contribution in [1.29, 1.82) is 0 Å². The minimum Gasteiger partial charge on any atom is -0.315 e. The fourth-order valence-electron chi connectivity index (χ4n) is 2.40. The van der Waals surface area contributed by atoms with Crippen molar-refractivity contribution in [2.75, 3.05) is 13.1 Å². The summed E-state index contributed by atoms with van der Waals surface area (Å²) in [5, 5.41) is 3.33. The van der Waals surface area contributed by atoms with Crippen LogP contribution in [0.25, 0.3) is 0 Å². The summed E-state index contributed by atoms with van der Waals surface area (Å²) in [6, 6.07) is 0. The van der Waals surface area contributed by atoms with Crippen molar-refractivity contribution in [2.45, 2.75) is 32.1 Å². The number of rotatable bonds is 0. The molecule has 1 saturated carbocycles. The van der Waals surface area contributed by atoms with E-state index in [0.29, 0.717) is 5.78 Å². The van der Waals surface area contributed by atoms with Gasteiger partial charge in [-0.2, -0.15) is 0 Å². The van der Waals surface area contributed by atoms with E-state index in [0.717, 1.165) is 32.4 Å². The predicted octanol–water partition coefficient (Wildman–Crippen LogP) is 1.53. The molecule has 1 aliphatic carbocycles. The fraction of sp³-hybridized carbons (Fsp3) is 0.889. The van der Waals surface area contributed by atoms with Crippen molar-refractivity contribution in [3.8, 4) is 0 Å². The number of halogens is 1. The molecule has 1 saturated heterocycles. The van der Waals surface area contributed by atoms with Gasteiger partial charge in [-0.25, -0.2) is 0 Å². The van der Waals surface area contributed by atoms with Gasteiger partial charge in [0.1, 0.15) is 5.78 Å². The summed E-state index contributed by atoms with van der Waals surface area (Å²) in [6.45, 7) is 1.85. The molecule has 1 spiro atoms. The molecule has 3 heteroatoms. The van der Waals surface area contributed by atoms with E-state index < -0.39 is 0 Å². The van der Waals surface area contributed by atoms with Crippen molar-refractivity contribution >= 4 is 18.2 Å². The Labute approximate surface area is 79.5 Å². The third-order valence-corrected chi connectivity index (χ3v) is 3.14. The van der Waals surface area contributed by atoms with Crippen LogP contribution in [0.1, 0.15) is 32.1 Å². The van der Waals surface area contributed by atoms with Crippen LogP contribution in [0.15, 0.2) is 0 Å². The van der Waals surface area contributed by atoms with Crippen molar-refractivity contribution < 1.29 is 4.79 Å². The summed E-state index contributed by atoms with van der Waals surface area (Å²) >= 11 is 0. The van der Waals surface area contributed by atoms with Gasteiger partial charge in [-0.15, -0.1) is 12.4 Å². The molecule has 0 aromatic carbocycles. The highest BCUT2D eigenvalue weighted by atomic mass is 35.5. The third kappa shape index (κ3) is 1.50. The molecule has 1 aliphatic heterocycles. The highest BCUT2D eigenvalue weighted by molar-refractivity contribution is 5.86. The van der Waals surface area contributed by atoms with Crippen molar-refractivity contribution in [3.05, 3.63) is 0 Å². The zero-order valence-electron chi connectivity index (χ0n) is 7.27. The molecule has 0 unspecified atom stereocenters. The Morgan fingerprint density at radius 1 is 1.25 bits per heavy atom. The topological polar surface area (TPSA) is 29.1 Å². The number of carbonyl (C=O) groups is 1. The van der Waals surface area contributed by atoms with E-state index in [1.165, 1.54) is 12.8 Å². The molecule has 0 atom stereocenters. The molecule has 0 bridgehead atoms. The molecule has 0 aromatic rings. The van der Waals surface area contributed by atoms with Gasteiger partial charge in [-0.1, -0.05) is 12.8 Å². The summed E-state index contributed by atoms with van der Waals surface area (Å²) in [4.78, 5) is 11.6. The first-order chi connectivity index (χ1) is 5.33. The first kappa shape index (κ1) is 10.0. The second-order valence-electron chi connectivity index (χ2n) is 3.84. The zero-order valence-corrected chi connectivity index (χ0v) is 8.08. The van der Waals surface area contributed by atoms with Gasteiger partial charge in [0.2, 0.25) is 0 Å². The molecule has 0 radical (unpaired) electrons. The SMILES string of the molecule is Cl.O=C1CCNCC12CCCC2. The summed E-state index contributed by atoms with van der Waals surface area (Å²) < 4.78 is 0. The van der Waals surface area contributed by atoms with E-state index in [4.69, 9.17) is 0 Å². The van der Waals surface area contributed by atoms with Crippen LogP contribution in [0.4, 0.5) is 0 Å². The average molecular weight is 190 g/mol. The van der Waals surface area contributed by atoms with Crippen molar-refractivity contribution in [1.82, 2.24) is 5.32 Å². The van der Waals surface area contributed by atoms with Crippen LogP contribution in [0.2, 0.25) is 0 Å². The molecule has 2 fully saturated rings. The first-order valence-electron chi connectivity index (χ1n) is 4.58. The number of hydrogen-bond donors (Lipinski definition) is 1. The maximum absolute atomic E-state index is 11.6.